The number of fused-ring (bicyclic) bond motifs is 1. The van der Waals surface area contributed by atoms with Crippen molar-refractivity contribution in [2.75, 3.05) is 13.1 Å². The van der Waals surface area contributed by atoms with E-state index in [2.05, 4.69) is 21.2 Å². The van der Waals surface area contributed by atoms with Crippen LogP contribution in [0.4, 0.5) is 0 Å². The highest BCUT2D eigenvalue weighted by atomic mass is 79.9. The second kappa shape index (κ2) is 8.37. The van der Waals surface area contributed by atoms with Crippen LogP contribution in [0.25, 0.3) is 0 Å². The second-order valence-corrected chi connectivity index (χ2v) is 8.36. The van der Waals surface area contributed by atoms with Crippen LogP contribution in [0.3, 0.4) is 0 Å². The molecule has 3 amide bonds. The smallest absolute Gasteiger partial charge is 0.251 e. The van der Waals surface area contributed by atoms with Gasteiger partial charge < -0.3 is 15.1 Å². The van der Waals surface area contributed by atoms with Crippen molar-refractivity contribution in [3.05, 3.63) is 69.7 Å². The summed E-state index contributed by atoms with van der Waals surface area (Å²) in [6.45, 7) is 1.65. The molecule has 0 saturated carbocycles. The largest absolute Gasteiger partial charge is 0.348 e. The molecule has 2 fully saturated rings. The summed E-state index contributed by atoms with van der Waals surface area (Å²) < 4.78 is 0.972. The Morgan fingerprint density at radius 2 is 1.90 bits per heavy atom. The standard InChI is InChI=1S/C22H22BrN3O3/c23-18-4-1-3-16(11-18)12-24-21(28)17-8-6-15(7-9-17)13-25-14-20(27)26-10-2-5-19(26)22(25)29/h1,3-4,6-9,11,19H,2,5,10,12-14H2,(H,24,28). The maximum atomic E-state index is 12.6. The van der Waals surface area contributed by atoms with Crippen LogP contribution < -0.4 is 5.32 Å². The molecule has 2 saturated heterocycles. The fourth-order valence-corrected chi connectivity index (χ4v) is 4.36. The van der Waals surface area contributed by atoms with Crippen LogP contribution in [0.2, 0.25) is 0 Å². The van der Waals surface area contributed by atoms with Crippen molar-refractivity contribution >= 4 is 33.7 Å². The summed E-state index contributed by atoms with van der Waals surface area (Å²) in [4.78, 5) is 40.6. The van der Waals surface area contributed by atoms with E-state index in [0.29, 0.717) is 25.2 Å². The van der Waals surface area contributed by atoms with Crippen molar-refractivity contribution in [1.82, 2.24) is 15.1 Å². The van der Waals surface area contributed by atoms with E-state index in [4.69, 9.17) is 0 Å². The number of nitrogens with one attached hydrogen (secondary N) is 1. The molecule has 29 heavy (non-hydrogen) atoms. The van der Waals surface area contributed by atoms with Gasteiger partial charge in [0.25, 0.3) is 5.91 Å². The molecule has 0 aliphatic carbocycles. The lowest BCUT2D eigenvalue weighted by atomic mass is 10.1. The van der Waals surface area contributed by atoms with Gasteiger partial charge in [-0.05, 0) is 48.2 Å². The molecular formula is C22H22BrN3O3. The van der Waals surface area contributed by atoms with Gasteiger partial charge in [0.05, 0.1) is 0 Å². The number of carbonyl (C=O) groups excluding carboxylic acids is 3. The summed E-state index contributed by atoms with van der Waals surface area (Å²) >= 11 is 3.42. The number of rotatable bonds is 5. The zero-order valence-electron chi connectivity index (χ0n) is 15.9. The SMILES string of the molecule is O=C(NCc1cccc(Br)c1)c1ccc(CN2CC(=O)N3CCCC3C2=O)cc1. The van der Waals surface area contributed by atoms with E-state index in [0.717, 1.165) is 28.4 Å². The normalized spacial score (nSPS) is 18.7. The molecule has 150 valence electrons. The molecule has 2 aromatic carbocycles. The van der Waals surface area contributed by atoms with Crippen molar-refractivity contribution in [1.29, 1.82) is 0 Å². The molecular weight excluding hydrogens is 434 g/mol. The Hall–Kier alpha value is -2.67. The van der Waals surface area contributed by atoms with Crippen LogP contribution in [0, 0.1) is 0 Å². The maximum absolute atomic E-state index is 12.6. The first-order valence-electron chi connectivity index (χ1n) is 9.71. The number of piperazine rings is 1. The fraction of sp³-hybridized carbons (Fsp3) is 0.318. The summed E-state index contributed by atoms with van der Waals surface area (Å²) in [5, 5.41) is 2.91. The third-order valence-electron chi connectivity index (χ3n) is 5.43. The van der Waals surface area contributed by atoms with E-state index in [1.165, 1.54) is 0 Å². The van der Waals surface area contributed by atoms with Crippen molar-refractivity contribution < 1.29 is 14.4 Å². The van der Waals surface area contributed by atoms with E-state index in [1.807, 2.05) is 36.4 Å². The molecule has 2 aromatic rings. The third-order valence-corrected chi connectivity index (χ3v) is 5.92. The Balaban J connectivity index is 1.35. The van der Waals surface area contributed by atoms with E-state index >= 15 is 0 Å². The highest BCUT2D eigenvalue weighted by Gasteiger charge is 2.41. The Morgan fingerprint density at radius 1 is 1.10 bits per heavy atom. The summed E-state index contributed by atoms with van der Waals surface area (Å²) in [6, 6.07) is 14.7. The monoisotopic (exact) mass is 455 g/mol. The first-order chi connectivity index (χ1) is 14.0. The van der Waals surface area contributed by atoms with Gasteiger partial charge in [-0.15, -0.1) is 0 Å². The lowest BCUT2D eigenvalue weighted by Crippen LogP contribution is -2.56. The average Bonchev–Trinajstić information content (AvgIpc) is 3.21. The number of halogens is 1. The van der Waals surface area contributed by atoms with E-state index < -0.39 is 0 Å². The molecule has 1 unspecified atom stereocenters. The first-order valence-corrected chi connectivity index (χ1v) is 10.5. The first kappa shape index (κ1) is 19.6. The molecule has 2 aliphatic rings. The summed E-state index contributed by atoms with van der Waals surface area (Å²) in [6.07, 6.45) is 1.64. The molecule has 0 bridgehead atoms. The fourth-order valence-electron chi connectivity index (χ4n) is 3.91. The zero-order valence-corrected chi connectivity index (χ0v) is 17.5. The number of hydrogen-bond donors (Lipinski definition) is 1. The molecule has 7 heteroatoms. The molecule has 2 heterocycles. The molecule has 4 rings (SSSR count). The maximum Gasteiger partial charge on any atom is 0.251 e. The van der Waals surface area contributed by atoms with Crippen LogP contribution in [-0.4, -0.2) is 46.7 Å². The highest BCUT2D eigenvalue weighted by Crippen LogP contribution is 2.24. The molecule has 6 nitrogen and oxygen atoms in total. The van der Waals surface area contributed by atoms with Crippen molar-refractivity contribution in [3.63, 3.8) is 0 Å². The highest BCUT2D eigenvalue weighted by molar-refractivity contribution is 9.10. The van der Waals surface area contributed by atoms with Crippen LogP contribution >= 0.6 is 15.9 Å². The molecule has 1 atom stereocenters. The lowest BCUT2D eigenvalue weighted by Gasteiger charge is -2.36. The summed E-state index contributed by atoms with van der Waals surface area (Å²) in [7, 11) is 0. The third kappa shape index (κ3) is 4.34. The van der Waals surface area contributed by atoms with Crippen LogP contribution in [0.15, 0.2) is 53.0 Å². The minimum Gasteiger partial charge on any atom is -0.348 e. The molecule has 0 aromatic heterocycles. The summed E-state index contributed by atoms with van der Waals surface area (Å²) in [5.41, 5.74) is 2.48. The van der Waals surface area contributed by atoms with Crippen molar-refractivity contribution in [2.24, 2.45) is 0 Å². The number of amides is 3. The van der Waals surface area contributed by atoms with Gasteiger partial charge in [-0.3, -0.25) is 14.4 Å². The Kier molecular flexibility index (Phi) is 5.67. The molecule has 0 spiro atoms. The van der Waals surface area contributed by atoms with Crippen LogP contribution in [0.5, 0.6) is 0 Å². The quantitative estimate of drug-likeness (QED) is 0.753. The average molecular weight is 456 g/mol. The minimum absolute atomic E-state index is 0.0237. The van der Waals surface area contributed by atoms with Gasteiger partial charge in [-0.1, -0.05) is 40.2 Å². The Labute approximate surface area is 178 Å². The van der Waals surface area contributed by atoms with Gasteiger partial charge in [0.15, 0.2) is 0 Å². The minimum atomic E-state index is -0.292. The number of nitrogens with zero attached hydrogens (tertiary/aromatic N) is 2. The zero-order chi connectivity index (χ0) is 20.4. The Bertz CT molecular complexity index is 945. The second-order valence-electron chi connectivity index (χ2n) is 7.45. The number of benzene rings is 2. The predicted octanol–water partition coefficient (Wildman–Crippen LogP) is 2.71. The van der Waals surface area contributed by atoms with Crippen molar-refractivity contribution in [2.45, 2.75) is 32.0 Å². The van der Waals surface area contributed by atoms with Gasteiger partial charge in [0.2, 0.25) is 11.8 Å². The van der Waals surface area contributed by atoms with Crippen LogP contribution in [0.1, 0.15) is 34.3 Å². The van der Waals surface area contributed by atoms with E-state index in [9.17, 15) is 14.4 Å². The Morgan fingerprint density at radius 3 is 2.66 bits per heavy atom. The van der Waals surface area contributed by atoms with Gasteiger partial charge >= 0.3 is 0 Å². The van der Waals surface area contributed by atoms with Gasteiger partial charge in [-0.25, -0.2) is 0 Å². The van der Waals surface area contributed by atoms with E-state index in [1.54, 1.807) is 21.9 Å². The molecule has 1 N–H and O–H groups in total. The molecule has 2 aliphatic heterocycles. The predicted molar refractivity (Wildman–Crippen MR) is 112 cm³/mol. The topological polar surface area (TPSA) is 69.7 Å². The van der Waals surface area contributed by atoms with Crippen LogP contribution in [-0.2, 0) is 22.7 Å². The number of hydrogen-bond acceptors (Lipinski definition) is 3. The van der Waals surface area contributed by atoms with Gasteiger partial charge in [0.1, 0.15) is 12.6 Å². The van der Waals surface area contributed by atoms with Gasteiger partial charge in [0, 0.05) is 29.7 Å². The summed E-state index contributed by atoms with van der Waals surface area (Å²) in [5.74, 6) is -0.101. The van der Waals surface area contributed by atoms with Crippen molar-refractivity contribution in [3.8, 4) is 0 Å². The van der Waals surface area contributed by atoms with Gasteiger partial charge in [-0.2, -0.15) is 0 Å². The molecule has 0 radical (unpaired) electrons. The lowest BCUT2D eigenvalue weighted by molar-refractivity contribution is -0.154. The number of carbonyl (C=O) groups is 3. The van der Waals surface area contributed by atoms with E-state index in [-0.39, 0.29) is 30.3 Å².